The first-order chi connectivity index (χ1) is 6.42. The highest BCUT2D eigenvalue weighted by atomic mass is 19.4. The van der Waals surface area contributed by atoms with E-state index in [0.29, 0.717) is 0 Å². The molecule has 1 aromatic rings. The number of hydrogen-bond acceptors (Lipinski definition) is 4. The smallest absolute Gasteiger partial charge is 0.493 e. The van der Waals surface area contributed by atoms with Crippen LogP contribution in [0.3, 0.4) is 0 Å². The average Bonchev–Trinajstić information content (AvgIpc) is 2.06. The fourth-order valence-corrected chi connectivity index (χ4v) is 0.800. The number of nitrogens with zero attached hydrogens (tertiary/aromatic N) is 1. The van der Waals surface area contributed by atoms with E-state index in [9.17, 15) is 13.2 Å². The molecule has 0 spiro atoms. The fraction of sp³-hybridized carbons (Fsp3) is 0.286. The van der Waals surface area contributed by atoms with Gasteiger partial charge in [-0.25, -0.2) is 4.98 Å². The molecule has 1 heterocycles. The normalized spacial score (nSPS) is 11.1. The van der Waals surface area contributed by atoms with Crippen molar-refractivity contribution in [1.82, 2.24) is 4.98 Å². The first-order valence-electron chi connectivity index (χ1n) is 3.47. The highest BCUT2D eigenvalue weighted by molar-refractivity contribution is 5.45. The number of nitrogen functional groups attached to an aromatic ring is 1. The Balaban J connectivity index is 2.97. The standard InChI is InChI=1S/C7H7F3N2O2/c1-13-4-2-6(11)12-3-5(4)14-7(8,9)10/h2-3H,1H3,(H2,11,12). The summed E-state index contributed by atoms with van der Waals surface area (Å²) < 4.78 is 43.7. The van der Waals surface area contributed by atoms with E-state index < -0.39 is 12.1 Å². The van der Waals surface area contributed by atoms with E-state index in [2.05, 4.69) is 14.5 Å². The Bertz CT molecular complexity index is 327. The maximum atomic E-state index is 11.8. The SMILES string of the molecule is COc1cc(N)ncc1OC(F)(F)F. The summed E-state index contributed by atoms with van der Waals surface area (Å²) in [4.78, 5) is 3.44. The van der Waals surface area contributed by atoms with Gasteiger partial charge in [0.2, 0.25) is 0 Å². The minimum Gasteiger partial charge on any atom is -0.493 e. The zero-order chi connectivity index (χ0) is 10.8. The number of aromatic nitrogens is 1. The van der Waals surface area contributed by atoms with Crippen LogP contribution in [0.25, 0.3) is 0 Å². The van der Waals surface area contributed by atoms with Crippen LogP contribution < -0.4 is 15.2 Å². The fourth-order valence-electron chi connectivity index (χ4n) is 0.800. The van der Waals surface area contributed by atoms with E-state index in [1.54, 1.807) is 0 Å². The summed E-state index contributed by atoms with van der Waals surface area (Å²) in [6.07, 6.45) is -3.92. The number of hydrogen-bond donors (Lipinski definition) is 1. The molecule has 0 atom stereocenters. The summed E-state index contributed by atoms with van der Waals surface area (Å²) in [5.74, 6) is -0.583. The molecule has 1 rings (SSSR count). The summed E-state index contributed by atoms with van der Waals surface area (Å²) in [7, 11) is 1.21. The van der Waals surface area contributed by atoms with Crippen molar-refractivity contribution in [1.29, 1.82) is 0 Å². The zero-order valence-electron chi connectivity index (χ0n) is 7.13. The monoisotopic (exact) mass is 208 g/mol. The van der Waals surface area contributed by atoms with Gasteiger partial charge >= 0.3 is 6.36 Å². The van der Waals surface area contributed by atoms with Gasteiger partial charge < -0.3 is 15.2 Å². The summed E-state index contributed by atoms with van der Waals surface area (Å²) in [6.45, 7) is 0. The van der Waals surface area contributed by atoms with Gasteiger partial charge in [0.25, 0.3) is 0 Å². The topological polar surface area (TPSA) is 57.4 Å². The molecule has 0 aliphatic rings. The predicted octanol–water partition coefficient (Wildman–Crippen LogP) is 1.57. The van der Waals surface area contributed by atoms with Crippen LogP contribution in [0.2, 0.25) is 0 Å². The van der Waals surface area contributed by atoms with Crippen LogP contribution >= 0.6 is 0 Å². The lowest BCUT2D eigenvalue weighted by Crippen LogP contribution is -2.17. The van der Waals surface area contributed by atoms with Crippen molar-refractivity contribution >= 4 is 5.82 Å². The van der Waals surface area contributed by atoms with Crippen LogP contribution in [0.5, 0.6) is 11.5 Å². The number of alkyl halides is 3. The van der Waals surface area contributed by atoms with Crippen LogP contribution in [0, 0.1) is 0 Å². The summed E-state index contributed by atoms with van der Waals surface area (Å²) in [5, 5.41) is 0. The van der Waals surface area contributed by atoms with E-state index in [1.165, 1.54) is 7.11 Å². The van der Waals surface area contributed by atoms with Gasteiger partial charge in [0.1, 0.15) is 5.82 Å². The molecule has 0 aromatic carbocycles. The number of methoxy groups -OCH3 is 1. The second-order valence-corrected chi connectivity index (χ2v) is 2.31. The van der Waals surface area contributed by atoms with Crippen molar-refractivity contribution in [3.05, 3.63) is 12.3 Å². The van der Waals surface area contributed by atoms with Gasteiger partial charge in [-0.1, -0.05) is 0 Å². The molecule has 78 valence electrons. The van der Waals surface area contributed by atoms with E-state index in [1.807, 2.05) is 0 Å². The molecule has 1 aromatic heterocycles. The Hall–Kier alpha value is -1.66. The molecule has 0 saturated heterocycles. The largest absolute Gasteiger partial charge is 0.573 e. The molecule has 7 heteroatoms. The van der Waals surface area contributed by atoms with Gasteiger partial charge in [-0.3, -0.25) is 0 Å². The molecule has 0 saturated carbocycles. The van der Waals surface area contributed by atoms with Gasteiger partial charge in [0.15, 0.2) is 11.5 Å². The first-order valence-corrected chi connectivity index (χ1v) is 3.47. The number of anilines is 1. The Kier molecular flexibility index (Phi) is 2.68. The number of rotatable bonds is 2. The van der Waals surface area contributed by atoms with Crippen molar-refractivity contribution in [3.63, 3.8) is 0 Å². The van der Waals surface area contributed by atoms with Crippen molar-refractivity contribution < 1.29 is 22.6 Å². The Morgan fingerprint density at radius 3 is 2.50 bits per heavy atom. The molecule has 0 radical (unpaired) electrons. The van der Waals surface area contributed by atoms with E-state index >= 15 is 0 Å². The highest BCUT2D eigenvalue weighted by Gasteiger charge is 2.32. The number of nitrogens with two attached hydrogens (primary N) is 1. The van der Waals surface area contributed by atoms with Crippen molar-refractivity contribution in [2.75, 3.05) is 12.8 Å². The molecule has 0 bridgehead atoms. The third-order valence-electron chi connectivity index (χ3n) is 1.30. The lowest BCUT2D eigenvalue weighted by Gasteiger charge is -2.11. The van der Waals surface area contributed by atoms with Crippen molar-refractivity contribution in [3.8, 4) is 11.5 Å². The van der Waals surface area contributed by atoms with Crippen molar-refractivity contribution in [2.24, 2.45) is 0 Å². The number of pyridine rings is 1. The van der Waals surface area contributed by atoms with E-state index in [-0.39, 0.29) is 11.6 Å². The third kappa shape index (κ3) is 2.68. The highest BCUT2D eigenvalue weighted by Crippen LogP contribution is 2.31. The van der Waals surface area contributed by atoms with Crippen LogP contribution in [0.1, 0.15) is 0 Å². The molecule has 4 nitrogen and oxygen atoms in total. The maximum absolute atomic E-state index is 11.8. The summed E-state index contributed by atoms with van der Waals surface area (Å²) >= 11 is 0. The molecular formula is C7H7F3N2O2. The lowest BCUT2D eigenvalue weighted by atomic mass is 10.4. The van der Waals surface area contributed by atoms with Crippen LogP contribution in [0.4, 0.5) is 19.0 Å². The van der Waals surface area contributed by atoms with Gasteiger partial charge in [-0.05, 0) is 0 Å². The molecule has 0 fully saturated rings. The molecule has 14 heavy (non-hydrogen) atoms. The van der Waals surface area contributed by atoms with Crippen LogP contribution in [-0.4, -0.2) is 18.5 Å². The van der Waals surface area contributed by atoms with Crippen LogP contribution in [-0.2, 0) is 0 Å². The van der Waals surface area contributed by atoms with Gasteiger partial charge in [0, 0.05) is 6.07 Å². The predicted molar refractivity (Wildman–Crippen MR) is 41.9 cm³/mol. The number of ether oxygens (including phenoxy) is 2. The Morgan fingerprint density at radius 2 is 2.00 bits per heavy atom. The molecule has 2 N–H and O–H groups in total. The first kappa shape index (κ1) is 10.4. The number of halogens is 3. The molecule has 0 amide bonds. The molecular weight excluding hydrogens is 201 g/mol. The minimum absolute atomic E-state index is 0.0522. The second kappa shape index (κ2) is 3.60. The van der Waals surface area contributed by atoms with E-state index in [4.69, 9.17) is 5.73 Å². The van der Waals surface area contributed by atoms with Gasteiger partial charge in [0.05, 0.1) is 13.3 Å². The lowest BCUT2D eigenvalue weighted by molar-refractivity contribution is -0.275. The summed E-state index contributed by atoms with van der Waals surface area (Å²) in [6, 6.07) is 1.14. The van der Waals surface area contributed by atoms with Crippen molar-refractivity contribution in [2.45, 2.75) is 6.36 Å². The summed E-state index contributed by atoms with van der Waals surface area (Å²) in [5.41, 5.74) is 5.24. The quantitative estimate of drug-likeness (QED) is 0.801. The average molecular weight is 208 g/mol. The van der Waals surface area contributed by atoms with Crippen LogP contribution in [0.15, 0.2) is 12.3 Å². The van der Waals surface area contributed by atoms with Gasteiger partial charge in [-0.2, -0.15) is 0 Å². The maximum Gasteiger partial charge on any atom is 0.573 e. The van der Waals surface area contributed by atoms with Gasteiger partial charge in [-0.15, -0.1) is 13.2 Å². The Morgan fingerprint density at radius 1 is 1.36 bits per heavy atom. The molecule has 0 aliphatic heterocycles. The second-order valence-electron chi connectivity index (χ2n) is 2.31. The minimum atomic E-state index is -4.77. The Labute approximate surface area is 77.4 Å². The zero-order valence-corrected chi connectivity index (χ0v) is 7.13. The molecule has 0 aliphatic carbocycles. The molecule has 0 unspecified atom stereocenters. The third-order valence-corrected chi connectivity index (χ3v) is 1.30. The van der Waals surface area contributed by atoms with E-state index in [0.717, 1.165) is 12.3 Å².